The minimum absolute atomic E-state index is 0.0529. The molecule has 0 radical (unpaired) electrons. The number of aliphatic hydroxyl groups is 1. The van der Waals surface area contributed by atoms with E-state index in [2.05, 4.69) is 10.3 Å². The van der Waals surface area contributed by atoms with E-state index in [9.17, 15) is 19.3 Å². The summed E-state index contributed by atoms with van der Waals surface area (Å²) in [4.78, 5) is 27.0. The lowest BCUT2D eigenvalue weighted by atomic mass is 10.4. The highest BCUT2D eigenvalue weighted by Crippen LogP contribution is 2.50. The maximum absolute atomic E-state index is 12.8. The Morgan fingerprint density at radius 3 is 2.39 bits per heavy atom. The first kappa shape index (κ1) is 24.7. The van der Waals surface area contributed by atoms with Gasteiger partial charge in [0.2, 0.25) is 5.13 Å². The molecule has 0 aliphatic rings. The van der Waals surface area contributed by atoms with Crippen LogP contribution in [0.2, 0.25) is 0 Å². The first-order chi connectivity index (χ1) is 13.1. The molecule has 1 atom stereocenters. The van der Waals surface area contributed by atoms with Crippen molar-refractivity contribution in [2.75, 3.05) is 24.9 Å². The molecule has 0 saturated carbocycles. The van der Waals surface area contributed by atoms with Gasteiger partial charge >= 0.3 is 19.4 Å². The highest BCUT2D eigenvalue weighted by molar-refractivity contribution is 7.53. The predicted molar refractivity (Wildman–Crippen MR) is 104 cm³/mol. The van der Waals surface area contributed by atoms with Crippen LogP contribution in [-0.2, 0) is 29.6 Å². The molecular formula is C15H28N3O8PS. The van der Waals surface area contributed by atoms with E-state index in [1.165, 1.54) is 3.96 Å². The molecular weight excluding hydrogens is 413 g/mol. The quantitative estimate of drug-likeness (QED) is 0.468. The van der Waals surface area contributed by atoms with Crippen molar-refractivity contribution in [3.63, 3.8) is 0 Å². The topological polar surface area (TPSA) is 138 Å². The van der Waals surface area contributed by atoms with Gasteiger partial charge in [-0.3, -0.25) is 9.88 Å². The SMILES string of the molecule is CCOC(=O)Nc1nc(=O)n(C[C@@H](CO)OCP(=O)(OC(C)C)OC(C)C)s1. The Kier molecular flexibility index (Phi) is 10.3. The van der Waals surface area contributed by atoms with Gasteiger partial charge in [-0.15, -0.1) is 0 Å². The molecule has 1 heterocycles. The molecule has 1 amide bonds. The Labute approximate surface area is 167 Å². The normalized spacial score (nSPS) is 13.1. The van der Waals surface area contributed by atoms with Gasteiger partial charge in [0.1, 0.15) is 12.5 Å². The van der Waals surface area contributed by atoms with E-state index in [0.717, 1.165) is 11.5 Å². The molecule has 0 aromatic carbocycles. The van der Waals surface area contributed by atoms with E-state index >= 15 is 0 Å². The van der Waals surface area contributed by atoms with Crippen LogP contribution in [0.1, 0.15) is 34.6 Å². The molecule has 0 unspecified atom stereocenters. The van der Waals surface area contributed by atoms with Crippen molar-refractivity contribution in [2.24, 2.45) is 0 Å². The number of nitrogens with zero attached hydrogens (tertiary/aromatic N) is 2. The van der Waals surface area contributed by atoms with Crippen LogP contribution in [-0.4, -0.2) is 58.0 Å². The fourth-order valence-corrected chi connectivity index (χ4v) is 4.67. The van der Waals surface area contributed by atoms with Crippen LogP contribution < -0.4 is 11.0 Å². The van der Waals surface area contributed by atoms with Crippen molar-refractivity contribution in [3.8, 4) is 0 Å². The van der Waals surface area contributed by atoms with Crippen LogP contribution in [0.5, 0.6) is 0 Å². The van der Waals surface area contributed by atoms with Gasteiger partial charge in [-0.25, -0.2) is 13.5 Å². The Hall–Kier alpha value is -1.30. The van der Waals surface area contributed by atoms with E-state index in [1.54, 1.807) is 34.6 Å². The number of amides is 1. The maximum atomic E-state index is 12.8. The van der Waals surface area contributed by atoms with Crippen molar-refractivity contribution in [3.05, 3.63) is 10.5 Å². The number of hydrogen-bond donors (Lipinski definition) is 2. The second kappa shape index (κ2) is 11.6. The van der Waals surface area contributed by atoms with Crippen molar-refractivity contribution >= 4 is 30.4 Å². The summed E-state index contributed by atoms with van der Waals surface area (Å²) >= 11 is 0.870. The molecule has 1 aromatic heterocycles. The van der Waals surface area contributed by atoms with Crippen molar-refractivity contribution in [1.29, 1.82) is 0 Å². The number of anilines is 1. The molecule has 13 heteroatoms. The third kappa shape index (κ3) is 8.80. The summed E-state index contributed by atoms with van der Waals surface area (Å²) in [6.07, 6.45) is -2.65. The molecule has 1 rings (SSSR count). The molecule has 0 saturated heterocycles. The van der Waals surface area contributed by atoms with E-state index in [4.69, 9.17) is 18.5 Å². The highest BCUT2D eigenvalue weighted by Gasteiger charge is 2.30. The lowest BCUT2D eigenvalue weighted by molar-refractivity contribution is 0.0117. The summed E-state index contributed by atoms with van der Waals surface area (Å²) in [5.74, 6) is 0. The van der Waals surface area contributed by atoms with E-state index in [1.807, 2.05) is 0 Å². The molecule has 11 nitrogen and oxygen atoms in total. The van der Waals surface area contributed by atoms with Gasteiger partial charge < -0.3 is 23.6 Å². The van der Waals surface area contributed by atoms with Crippen LogP contribution in [0.4, 0.5) is 9.93 Å². The second-order valence-electron chi connectivity index (χ2n) is 6.22. The average Bonchev–Trinajstić information content (AvgIpc) is 2.89. The summed E-state index contributed by atoms with van der Waals surface area (Å²) in [6.45, 7) is 8.20. The summed E-state index contributed by atoms with van der Waals surface area (Å²) in [7, 11) is -3.54. The van der Waals surface area contributed by atoms with E-state index in [0.29, 0.717) is 0 Å². The standard InChI is InChI=1S/C15H28N3O8PS/c1-6-23-15(21)17-13-16-14(20)18(28-13)7-12(8-19)24-9-27(22,25-10(2)3)26-11(4)5/h10-12,19H,6-9H2,1-5H3,(H,16,17,20,21)/t12-/m0/s1. The predicted octanol–water partition coefficient (Wildman–Crippen LogP) is 2.25. The largest absolute Gasteiger partial charge is 0.450 e. The zero-order chi connectivity index (χ0) is 21.3. The second-order valence-corrected chi connectivity index (χ2v) is 9.13. The molecule has 1 aromatic rings. The average molecular weight is 441 g/mol. The van der Waals surface area contributed by atoms with Crippen LogP contribution in [0.3, 0.4) is 0 Å². The molecule has 0 spiro atoms. The summed E-state index contributed by atoms with van der Waals surface area (Å²) < 4.78 is 34.9. The third-order valence-electron chi connectivity index (χ3n) is 2.88. The lowest BCUT2D eigenvalue weighted by Gasteiger charge is -2.24. The van der Waals surface area contributed by atoms with Crippen LogP contribution in [0.15, 0.2) is 4.79 Å². The van der Waals surface area contributed by atoms with Crippen molar-refractivity contribution in [2.45, 2.75) is 59.5 Å². The molecule has 0 bridgehead atoms. The first-order valence-corrected chi connectivity index (χ1v) is 11.3. The molecule has 28 heavy (non-hydrogen) atoms. The highest BCUT2D eigenvalue weighted by atomic mass is 32.1. The summed E-state index contributed by atoms with van der Waals surface area (Å²) in [6, 6.07) is 0. The number of carbonyl (C=O) groups excluding carboxylic acids is 1. The number of aliphatic hydroxyl groups excluding tert-OH is 1. The molecule has 162 valence electrons. The van der Waals surface area contributed by atoms with E-state index in [-0.39, 0.29) is 36.8 Å². The first-order valence-electron chi connectivity index (χ1n) is 8.78. The summed E-state index contributed by atoms with van der Waals surface area (Å²) in [5, 5.41) is 11.9. The van der Waals surface area contributed by atoms with E-state index < -0.39 is 32.1 Å². The zero-order valence-corrected chi connectivity index (χ0v) is 18.3. The van der Waals surface area contributed by atoms with Crippen LogP contribution in [0, 0.1) is 0 Å². The molecule has 0 fully saturated rings. The monoisotopic (exact) mass is 441 g/mol. The Bertz CT molecular complexity index is 706. The Morgan fingerprint density at radius 2 is 1.89 bits per heavy atom. The summed E-state index contributed by atoms with van der Waals surface area (Å²) in [5.41, 5.74) is -0.626. The molecule has 0 aliphatic carbocycles. The maximum Gasteiger partial charge on any atom is 0.413 e. The van der Waals surface area contributed by atoms with Gasteiger partial charge in [0, 0.05) is 0 Å². The number of hydrogen-bond acceptors (Lipinski definition) is 10. The van der Waals surface area contributed by atoms with Crippen molar-refractivity contribution < 1.29 is 33.0 Å². The lowest BCUT2D eigenvalue weighted by Crippen LogP contribution is -2.29. The van der Waals surface area contributed by atoms with Gasteiger partial charge in [0.05, 0.1) is 32.0 Å². The minimum Gasteiger partial charge on any atom is -0.450 e. The van der Waals surface area contributed by atoms with Crippen LogP contribution >= 0.6 is 19.1 Å². The van der Waals surface area contributed by atoms with Gasteiger partial charge in [-0.2, -0.15) is 4.98 Å². The van der Waals surface area contributed by atoms with Gasteiger partial charge in [-0.05, 0) is 46.2 Å². The number of rotatable bonds is 12. The number of aromatic nitrogens is 2. The molecule has 0 aliphatic heterocycles. The zero-order valence-electron chi connectivity index (χ0n) is 16.6. The van der Waals surface area contributed by atoms with Crippen LogP contribution in [0.25, 0.3) is 0 Å². The van der Waals surface area contributed by atoms with Crippen molar-refractivity contribution in [1.82, 2.24) is 8.94 Å². The van der Waals surface area contributed by atoms with Gasteiger partial charge in [0.15, 0.2) is 0 Å². The Balaban J connectivity index is 2.76. The molecule has 2 N–H and O–H groups in total. The van der Waals surface area contributed by atoms with Gasteiger partial charge in [0.25, 0.3) is 0 Å². The number of carbonyl (C=O) groups is 1. The smallest absolute Gasteiger partial charge is 0.413 e. The fraction of sp³-hybridized carbons (Fsp3) is 0.800. The fourth-order valence-electron chi connectivity index (χ4n) is 2.00. The Morgan fingerprint density at radius 1 is 1.29 bits per heavy atom. The third-order valence-corrected chi connectivity index (χ3v) is 5.72. The van der Waals surface area contributed by atoms with Gasteiger partial charge in [-0.1, -0.05) is 0 Å². The number of ether oxygens (including phenoxy) is 2. The minimum atomic E-state index is -3.54. The number of nitrogens with one attached hydrogen (secondary N) is 1.